The van der Waals surface area contributed by atoms with Crippen molar-refractivity contribution in [2.75, 3.05) is 6.61 Å². The average molecular weight is 481 g/mol. The summed E-state index contributed by atoms with van der Waals surface area (Å²) in [6.45, 7) is 10.2. The van der Waals surface area contributed by atoms with Gasteiger partial charge in [-0.25, -0.2) is 19.0 Å². The van der Waals surface area contributed by atoms with Crippen LogP contribution in [-0.4, -0.2) is 46.4 Å². The minimum Gasteiger partial charge on any atom is -0.492 e. The molecule has 0 aliphatic carbocycles. The average Bonchev–Trinajstić information content (AvgIpc) is 3.42. The van der Waals surface area contributed by atoms with E-state index in [1.165, 1.54) is 16.0 Å². The van der Waals surface area contributed by atoms with Gasteiger partial charge in [-0.1, -0.05) is 6.07 Å². The molecule has 0 spiro atoms. The molecular formula is C24H28N6O3S. The Balaban J connectivity index is 1.52. The van der Waals surface area contributed by atoms with E-state index in [2.05, 4.69) is 10.2 Å². The van der Waals surface area contributed by atoms with Gasteiger partial charge >= 0.3 is 5.69 Å². The summed E-state index contributed by atoms with van der Waals surface area (Å²) >= 11 is 1.51. The number of ether oxygens (including phenoxy) is 1. The molecule has 0 saturated carbocycles. The van der Waals surface area contributed by atoms with Crippen LogP contribution in [0.3, 0.4) is 0 Å². The summed E-state index contributed by atoms with van der Waals surface area (Å²) in [4.78, 5) is 18.9. The lowest BCUT2D eigenvalue weighted by Gasteiger charge is -2.16. The smallest absolute Gasteiger partial charge is 0.352 e. The third-order valence-electron chi connectivity index (χ3n) is 5.67. The van der Waals surface area contributed by atoms with Gasteiger partial charge in [-0.2, -0.15) is 10.2 Å². The Bertz CT molecular complexity index is 1420. The molecule has 0 bridgehead atoms. The third kappa shape index (κ3) is 4.07. The van der Waals surface area contributed by atoms with Gasteiger partial charge in [0.25, 0.3) is 0 Å². The van der Waals surface area contributed by atoms with E-state index in [0.717, 1.165) is 33.0 Å². The van der Waals surface area contributed by atoms with Crippen molar-refractivity contribution in [2.45, 2.75) is 59.2 Å². The molecule has 34 heavy (non-hydrogen) atoms. The molecule has 5 rings (SSSR count). The van der Waals surface area contributed by atoms with Crippen LogP contribution in [0.4, 0.5) is 0 Å². The van der Waals surface area contributed by atoms with Crippen LogP contribution >= 0.6 is 11.3 Å². The van der Waals surface area contributed by atoms with Crippen molar-refractivity contribution >= 4 is 11.3 Å². The quantitative estimate of drug-likeness (QED) is 0.468. The highest BCUT2D eigenvalue weighted by Crippen LogP contribution is 2.40. The van der Waals surface area contributed by atoms with Gasteiger partial charge < -0.3 is 9.84 Å². The number of nitrogens with zero attached hydrogens (tertiary/aromatic N) is 6. The van der Waals surface area contributed by atoms with Crippen LogP contribution in [0.2, 0.25) is 0 Å². The highest BCUT2D eigenvalue weighted by Gasteiger charge is 2.24. The molecule has 1 aliphatic heterocycles. The molecule has 4 heterocycles. The second-order valence-electron chi connectivity index (χ2n) is 9.52. The van der Waals surface area contributed by atoms with Crippen molar-refractivity contribution in [3.05, 3.63) is 51.8 Å². The Morgan fingerprint density at radius 1 is 1.26 bits per heavy atom. The lowest BCUT2D eigenvalue weighted by molar-refractivity contribution is 0.0577. The van der Waals surface area contributed by atoms with Gasteiger partial charge in [0, 0.05) is 28.6 Å². The maximum absolute atomic E-state index is 12.9. The predicted octanol–water partition coefficient (Wildman–Crippen LogP) is 3.62. The van der Waals surface area contributed by atoms with Crippen molar-refractivity contribution in [3.8, 4) is 33.3 Å². The van der Waals surface area contributed by atoms with E-state index in [-0.39, 0.29) is 11.7 Å². The minimum absolute atomic E-state index is 0.0226. The van der Waals surface area contributed by atoms with Gasteiger partial charge in [-0.15, -0.1) is 11.3 Å². The van der Waals surface area contributed by atoms with Crippen molar-refractivity contribution in [1.29, 1.82) is 0 Å². The van der Waals surface area contributed by atoms with E-state index in [4.69, 9.17) is 9.72 Å². The molecule has 1 aromatic carbocycles. The Morgan fingerprint density at radius 3 is 2.76 bits per heavy atom. The van der Waals surface area contributed by atoms with Gasteiger partial charge in [0.1, 0.15) is 11.6 Å². The van der Waals surface area contributed by atoms with Crippen molar-refractivity contribution in [3.63, 3.8) is 0 Å². The second kappa shape index (κ2) is 8.21. The molecule has 0 fully saturated rings. The number of hydrogen-bond donors (Lipinski definition) is 1. The predicted molar refractivity (Wildman–Crippen MR) is 131 cm³/mol. The van der Waals surface area contributed by atoms with Crippen LogP contribution in [0, 0.1) is 6.92 Å². The largest absolute Gasteiger partial charge is 0.492 e. The maximum atomic E-state index is 12.9. The standard InChI is InChI=1S/C24H28N6O3S/c1-14(2)30-23(31)29(15(3)27-30)22-26-21-18-7-6-16(10-19(18)33-9-8-20(21)34-22)17-11-25-28(12-17)13-24(4,5)32/h6-7,10-12,14,32H,8-9,13H2,1-5H3. The lowest BCUT2D eigenvalue weighted by atomic mass is 10.0. The molecule has 0 amide bonds. The molecule has 3 aromatic heterocycles. The number of aliphatic hydroxyl groups is 1. The Kier molecular flexibility index (Phi) is 5.44. The number of fused-ring (bicyclic) bond motifs is 3. The van der Waals surface area contributed by atoms with Crippen LogP contribution in [0.5, 0.6) is 5.75 Å². The van der Waals surface area contributed by atoms with Crippen molar-refractivity contribution < 1.29 is 9.84 Å². The summed E-state index contributed by atoms with van der Waals surface area (Å²) in [5, 5.41) is 19.5. The van der Waals surface area contributed by atoms with Crippen LogP contribution in [0.1, 0.15) is 44.4 Å². The van der Waals surface area contributed by atoms with E-state index >= 15 is 0 Å². The van der Waals surface area contributed by atoms with Gasteiger partial charge in [0.05, 0.1) is 36.7 Å². The Morgan fingerprint density at radius 2 is 2.06 bits per heavy atom. The highest BCUT2D eigenvalue weighted by atomic mass is 32.1. The first kappa shape index (κ1) is 22.5. The fourth-order valence-electron chi connectivity index (χ4n) is 4.12. The van der Waals surface area contributed by atoms with Crippen LogP contribution in [0.15, 0.2) is 35.4 Å². The van der Waals surface area contributed by atoms with Crippen LogP contribution in [-0.2, 0) is 13.0 Å². The molecular weight excluding hydrogens is 452 g/mol. The molecule has 1 aliphatic rings. The molecule has 178 valence electrons. The third-order valence-corrected chi connectivity index (χ3v) is 6.77. The number of benzene rings is 1. The van der Waals surface area contributed by atoms with E-state index in [9.17, 15) is 9.90 Å². The van der Waals surface area contributed by atoms with Crippen molar-refractivity contribution in [1.82, 2.24) is 29.1 Å². The normalized spacial score (nSPS) is 13.5. The summed E-state index contributed by atoms with van der Waals surface area (Å²) in [7, 11) is 0. The topological polar surface area (TPSA) is 100.0 Å². The van der Waals surface area contributed by atoms with E-state index in [1.807, 2.05) is 45.2 Å². The lowest BCUT2D eigenvalue weighted by Crippen LogP contribution is -2.26. The van der Waals surface area contributed by atoms with E-state index < -0.39 is 5.60 Å². The van der Waals surface area contributed by atoms with E-state index in [0.29, 0.717) is 30.5 Å². The molecule has 9 nitrogen and oxygen atoms in total. The minimum atomic E-state index is -0.842. The fraction of sp³-hybridized carbons (Fsp3) is 0.417. The monoisotopic (exact) mass is 480 g/mol. The fourth-order valence-corrected chi connectivity index (χ4v) is 5.22. The SMILES string of the molecule is Cc1nn(C(C)C)c(=O)n1-c1nc2c(s1)CCOc1cc(-c3cnn(CC(C)(C)O)c3)ccc1-2. The highest BCUT2D eigenvalue weighted by molar-refractivity contribution is 7.14. The summed E-state index contributed by atoms with van der Waals surface area (Å²) in [5.41, 5.74) is 2.66. The Hall–Kier alpha value is -3.24. The van der Waals surface area contributed by atoms with Crippen LogP contribution < -0.4 is 10.4 Å². The number of aromatic nitrogens is 6. The molecule has 4 aromatic rings. The zero-order valence-corrected chi connectivity index (χ0v) is 20.8. The first-order valence-electron chi connectivity index (χ1n) is 11.3. The molecule has 1 N–H and O–H groups in total. The second-order valence-corrected chi connectivity index (χ2v) is 10.6. The number of rotatable bonds is 5. The first-order valence-corrected chi connectivity index (χ1v) is 12.1. The zero-order chi connectivity index (χ0) is 24.2. The van der Waals surface area contributed by atoms with Gasteiger partial charge in [-0.05, 0) is 52.3 Å². The molecule has 0 unspecified atom stereocenters. The molecule has 0 saturated heterocycles. The van der Waals surface area contributed by atoms with Gasteiger partial charge in [0.2, 0.25) is 0 Å². The van der Waals surface area contributed by atoms with Crippen molar-refractivity contribution in [2.24, 2.45) is 0 Å². The number of thiazole rings is 1. The maximum Gasteiger partial charge on any atom is 0.352 e. The molecule has 0 radical (unpaired) electrons. The number of aryl methyl sites for hydroxylation is 1. The van der Waals surface area contributed by atoms with Gasteiger partial charge in [0.15, 0.2) is 5.13 Å². The van der Waals surface area contributed by atoms with E-state index in [1.54, 1.807) is 29.3 Å². The molecule has 10 heteroatoms. The number of hydrogen-bond acceptors (Lipinski definition) is 7. The summed E-state index contributed by atoms with van der Waals surface area (Å²) in [5.74, 6) is 1.38. The summed E-state index contributed by atoms with van der Waals surface area (Å²) in [6.07, 6.45) is 4.43. The summed E-state index contributed by atoms with van der Waals surface area (Å²) in [6, 6.07) is 6.02. The zero-order valence-electron chi connectivity index (χ0n) is 19.9. The van der Waals surface area contributed by atoms with Gasteiger partial charge in [-0.3, -0.25) is 4.68 Å². The summed E-state index contributed by atoms with van der Waals surface area (Å²) < 4.78 is 10.9. The van der Waals surface area contributed by atoms with Crippen LogP contribution in [0.25, 0.3) is 27.5 Å². The Labute approximate surface area is 201 Å². The first-order chi connectivity index (χ1) is 16.1. The molecule has 0 atom stereocenters.